The van der Waals surface area contributed by atoms with Gasteiger partial charge in [0.15, 0.2) is 0 Å². The second kappa shape index (κ2) is 34.5. The summed E-state index contributed by atoms with van der Waals surface area (Å²) in [5, 5.41) is 8.40. The number of fused-ring (bicyclic) bond motifs is 8. The molecule has 6 aromatic carbocycles. The summed E-state index contributed by atoms with van der Waals surface area (Å²) in [7, 11) is 4.09. The molecule has 4 radical (unpaired) electrons. The third kappa shape index (κ3) is 17.6. The zero-order valence-electron chi connectivity index (χ0n) is 56.8. The van der Waals surface area contributed by atoms with E-state index in [1.807, 2.05) is 121 Å². The van der Waals surface area contributed by atoms with Gasteiger partial charge < -0.3 is 39.4 Å². The van der Waals surface area contributed by atoms with Crippen LogP contribution in [0.2, 0.25) is 0 Å². The van der Waals surface area contributed by atoms with E-state index in [0.29, 0.717) is 35.1 Å². The van der Waals surface area contributed by atoms with Gasteiger partial charge in [0, 0.05) is 56.7 Å². The Morgan fingerprint density at radius 2 is 1.06 bits per heavy atom. The molecular weight excluding hydrogens is 1320 g/mol. The van der Waals surface area contributed by atoms with Crippen LogP contribution in [0.4, 0.5) is 22.7 Å². The second-order valence-corrected chi connectivity index (χ2v) is 32.0. The molecule has 5 unspecified atom stereocenters. The first kappa shape index (κ1) is 78.0. The van der Waals surface area contributed by atoms with Crippen molar-refractivity contribution in [2.75, 3.05) is 35.4 Å². The normalized spacial score (nSPS) is 17.8. The fourth-order valence-corrected chi connectivity index (χ4v) is 17.1. The van der Waals surface area contributed by atoms with Crippen molar-refractivity contribution in [3.05, 3.63) is 133 Å². The van der Waals surface area contributed by atoms with Gasteiger partial charge in [0.25, 0.3) is 0 Å². The number of likely N-dealkylation sites (N-methyl/N-ethyl adjacent to an activating group) is 2. The number of para-hydroxylation sites is 2. The number of rotatable bonds is 18. The Bertz CT molecular complexity index is 3850. The van der Waals surface area contributed by atoms with Crippen LogP contribution in [0.3, 0.4) is 0 Å². The number of benzene rings is 6. The molecule has 15 nitrogen and oxygen atoms in total. The van der Waals surface area contributed by atoms with Gasteiger partial charge in [0.1, 0.15) is 46.7 Å². The van der Waals surface area contributed by atoms with Gasteiger partial charge in [-0.3, -0.25) is 29.2 Å². The second-order valence-electron chi connectivity index (χ2n) is 24.9. The van der Waals surface area contributed by atoms with Crippen molar-refractivity contribution in [1.82, 2.24) is 10.6 Å². The van der Waals surface area contributed by atoms with Gasteiger partial charge in [-0.2, -0.15) is 0 Å². The summed E-state index contributed by atoms with van der Waals surface area (Å²) in [4.78, 5) is 63.9. The number of aliphatic imine (C=N–C) groups is 2. The Morgan fingerprint density at radius 1 is 0.642 bits per heavy atom. The number of anilines is 2. The van der Waals surface area contributed by atoms with Crippen molar-refractivity contribution in [3.63, 3.8) is 0 Å². The zero-order chi connectivity index (χ0) is 68.9. The summed E-state index contributed by atoms with van der Waals surface area (Å²) < 4.78 is 32.4. The average Bonchev–Trinajstić information content (AvgIpc) is 1.57. The Balaban J connectivity index is 0.000000264. The third-order valence-corrected chi connectivity index (χ3v) is 22.5. The van der Waals surface area contributed by atoms with Crippen LogP contribution in [-0.2, 0) is 30.0 Å². The summed E-state index contributed by atoms with van der Waals surface area (Å²) in [6, 6.07) is 36.1. The third-order valence-electron chi connectivity index (χ3n) is 16.8. The van der Waals surface area contributed by atoms with Gasteiger partial charge in [-0.1, -0.05) is 149 Å². The Kier molecular flexibility index (Phi) is 28.3. The number of esters is 2. The van der Waals surface area contributed by atoms with Crippen LogP contribution >= 0.6 is 71.5 Å². The molecule has 2 spiro atoms. The molecule has 0 saturated heterocycles. The molecule has 95 heavy (non-hydrogen) atoms. The van der Waals surface area contributed by atoms with Gasteiger partial charge in [-0.15, -0.1) is 23.5 Å². The molecule has 4 aliphatic rings. The van der Waals surface area contributed by atoms with E-state index in [4.69, 9.17) is 57.7 Å². The number of unbranched alkanes of at least 4 members (excludes halogenated alkanes) is 2. The summed E-state index contributed by atoms with van der Waals surface area (Å²) >= 11 is 18.6. The minimum atomic E-state index is -0.788. The predicted molar refractivity (Wildman–Crippen MR) is 411 cm³/mol. The first-order valence-corrected chi connectivity index (χ1v) is 36.8. The van der Waals surface area contributed by atoms with Gasteiger partial charge in [-0.05, 0) is 170 Å². The number of thiocarbonyl (C=S) groups is 2. The molecule has 3 N–H and O–H groups in total. The summed E-state index contributed by atoms with van der Waals surface area (Å²) in [5.41, 5.74) is 3.90. The standard InChI is InChI=1S/C36H43N3O4S3.C30H32N2O3S3.C6H11NO.Al.B.HN/c1-8-9-18-45-34(44)46-30(32(40)38-22(2)3)19-23(4)33(41)42-25-16-14-24-15-17-29-31(26(24)20-25)37-21-36(43-29)35(5,6)27-12-10-11-13-28(27)39(36)7;1-6-7-16-37-28(36)38-19(2)27(33)34-21-14-12-20-13-15-25-26(22(20)17-21)31-18-30(35-25)29(3,4)23-10-8-9-11-24(23)32(30)5;1-4-6(8)7-5(2)3;;;/h10-17,20-23,30H,8-9,18-19H2,1-7H3,(H,38,40);8-15,17-19H,6-7,16H2,1-5H3;4-5H,1H2,2-3H3,(H,7,8);;;1H. The number of carbonyl (C=O) groups is 4. The van der Waals surface area contributed by atoms with Crippen molar-refractivity contribution in [3.8, 4) is 23.0 Å². The van der Waals surface area contributed by atoms with E-state index in [-0.39, 0.29) is 54.4 Å². The molecule has 2 amide bonds. The van der Waals surface area contributed by atoms with Crippen molar-refractivity contribution in [1.29, 1.82) is 4.35 Å². The molecule has 10 rings (SSSR count). The maximum absolute atomic E-state index is 13.3. The fourth-order valence-electron chi connectivity index (χ4n) is 11.6. The van der Waals surface area contributed by atoms with Crippen LogP contribution in [0.15, 0.2) is 132 Å². The van der Waals surface area contributed by atoms with Crippen LogP contribution in [0.5, 0.6) is 23.0 Å². The first-order chi connectivity index (χ1) is 44.7. The number of nitrogens with one attached hydrogen (secondary N) is 3. The minimum absolute atomic E-state index is 0. The van der Waals surface area contributed by atoms with Crippen LogP contribution in [0.25, 0.3) is 21.5 Å². The number of nitrogens with zero attached hydrogens (tertiary/aromatic N) is 4. The summed E-state index contributed by atoms with van der Waals surface area (Å²) in [6.07, 6.45) is 9.78. The van der Waals surface area contributed by atoms with Crippen LogP contribution in [0, 0.1) is 10.3 Å². The van der Waals surface area contributed by atoms with Gasteiger partial charge >= 0.3 is 32.4 Å². The average molecular weight is 1410 g/mol. The van der Waals surface area contributed by atoms with Crippen LogP contribution in [0.1, 0.15) is 126 Å². The van der Waals surface area contributed by atoms with Crippen molar-refractivity contribution >= 4 is 184 Å². The molecule has 0 aromatic heterocycles. The monoisotopic (exact) mass is 1410 g/mol. The Labute approximate surface area is 599 Å². The van der Waals surface area contributed by atoms with E-state index in [1.54, 1.807) is 52.6 Å². The van der Waals surface area contributed by atoms with Gasteiger partial charge in [-0.25, -0.2) is 0 Å². The first-order valence-electron chi connectivity index (χ1n) is 31.6. The predicted octanol–water partition coefficient (Wildman–Crippen LogP) is 16.6. The number of ether oxygens (including phenoxy) is 4. The molecule has 4 aliphatic heterocycles. The molecule has 0 bridgehead atoms. The molecule has 6 aromatic rings. The van der Waals surface area contributed by atoms with E-state index in [2.05, 4.69) is 112 Å². The number of amides is 2. The SMILES string of the molecule is C=CC(=O)NC(C)C.CCCCSC(=S)SC(C)C(=O)Oc1ccc2ccc3c(c2c1)N=CC1(O3)N(C)c2ccccc2C1(C)C.CCCCSC(=S)SC(CC(C)C(=O)Oc1ccc2ccc3c(c2c1)N=CC1(O3)N(C)c2ccccc2C1(C)C)C(=O)NC(C)C.[B].[NH]=[Al]. The Hall–Kier alpha value is -6.02. The van der Waals surface area contributed by atoms with Crippen LogP contribution < -0.4 is 39.4 Å². The number of carbonyl (C=O) groups excluding carboxylic acids is 4. The zero-order valence-corrected chi connectivity index (χ0v) is 62.9. The number of thioether (sulfide) groups is 4. The molecular formula is C72H87AlBN7O8S6. The maximum atomic E-state index is 13.3. The van der Waals surface area contributed by atoms with E-state index < -0.39 is 28.6 Å². The van der Waals surface area contributed by atoms with E-state index >= 15 is 0 Å². The quantitative estimate of drug-likeness (QED) is 0.0184. The number of hydrogen-bond donors (Lipinski definition) is 3. The van der Waals surface area contributed by atoms with E-state index in [0.717, 1.165) is 82.9 Å². The molecule has 0 saturated carbocycles. The van der Waals surface area contributed by atoms with Gasteiger partial charge in [0.2, 0.25) is 23.3 Å². The van der Waals surface area contributed by atoms with Crippen LogP contribution in [-0.4, -0.2) is 127 Å². The van der Waals surface area contributed by atoms with Crippen molar-refractivity contribution in [2.45, 2.75) is 160 Å². The van der Waals surface area contributed by atoms with Gasteiger partial charge in [0.05, 0.1) is 34.4 Å². The van der Waals surface area contributed by atoms with E-state index in [1.165, 1.54) is 40.7 Å². The molecule has 0 aliphatic carbocycles. The topological polar surface area (TPSA) is 184 Å². The molecule has 5 atom stereocenters. The Morgan fingerprint density at radius 3 is 1.47 bits per heavy atom. The molecule has 23 heteroatoms. The molecule has 0 fully saturated rings. The molecule has 500 valence electrons. The van der Waals surface area contributed by atoms with Crippen molar-refractivity contribution in [2.24, 2.45) is 15.9 Å². The number of hydrogen-bond acceptors (Lipinski definition) is 19. The van der Waals surface area contributed by atoms with E-state index in [9.17, 15) is 19.2 Å². The summed E-state index contributed by atoms with van der Waals surface area (Å²) in [5.74, 6) is 2.69. The van der Waals surface area contributed by atoms with Crippen molar-refractivity contribution < 1.29 is 38.1 Å². The molecule has 4 heterocycles. The fraction of sp³-hybridized carbons (Fsp3) is 0.417. The summed E-state index contributed by atoms with van der Waals surface area (Å²) in [6.45, 7) is 27.6.